The molecule has 0 saturated carbocycles. The highest BCUT2D eigenvalue weighted by Gasteiger charge is 2.12. The predicted octanol–water partition coefficient (Wildman–Crippen LogP) is 3.92. The fourth-order valence-electron chi connectivity index (χ4n) is 2.37. The van der Waals surface area contributed by atoms with E-state index in [1.807, 2.05) is 19.1 Å². The number of aromatic nitrogens is 2. The molecule has 0 aliphatic rings. The van der Waals surface area contributed by atoms with Crippen molar-refractivity contribution < 1.29 is 18.8 Å². The van der Waals surface area contributed by atoms with Gasteiger partial charge in [0.1, 0.15) is 5.75 Å². The maximum absolute atomic E-state index is 12.1. The van der Waals surface area contributed by atoms with Gasteiger partial charge in [-0.25, -0.2) is 0 Å². The Morgan fingerprint density at radius 1 is 0.962 bits per heavy atom. The maximum Gasteiger partial charge on any atom is 0.311 e. The summed E-state index contributed by atoms with van der Waals surface area (Å²) in [5.41, 5.74) is 2.44. The van der Waals surface area contributed by atoms with E-state index in [1.54, 1.807) is 43.3 Å². The van der Waals surface area contributed by atoms with Crippen LogP contribution in [-0.4, -0.2) is 21.9 Å². The molecule has 0 atom stereocenters. The van der Waals surface area contributed by atoms with E-state index >= 15 is 0 Å². The van der Waals surface area contributed by atoms with Crippen molar-refractivity contribution in [2.75, 3.05) is 0 Å². The summed E-state index contributed by atoms with van der Waals surface area (Å²) in [4.78, 5) is 28.2. The van der Waals surface area contributed by atoms with E-state index in [0.29, 0.717) is 23.0 Å². The summed E-state index contributed by atoms with van der Waals surface area (Å²) in [6.45, 7) is 3.67. The zero-order valence-electron chi connectivity index (χ0n) is 14.6. The van der Waals surface area contributed by atoms with Crippen molar-refractivity contribution in [3.05, 3.63) is 65.5 Å². The summed E-state index contributed by atoms with van der Waals surface area (Å²) in [5, 5.41) is 3.83. The third-order valence-electron chi connectivity index (χ3n) is 3.80. The summed E-state index contributed by atoms with van der Waals surface area (Å²) in [7, 11) is 0. The van der Waals surface area contributed by atoms with Gasteiger partial charge >= 0.3 is 5.97 Å². The van der Waals surface area contributed by atoms with Crippen molar-refractivity contribution in [1.82, 2.24) is 10.1 Å². The Balaban J connectivity index is 1.53. The minimum Gasteiger partial charge on any atom is -0.427 e. The van der Waals surface area contributed by atoms with E-state index in [4.69, 9.17) is 9.26 Å². The van der Waals surface area contributed by atoms with Gasteiger partial charge in [-0.2, -0.15) is 4.98 Å². The quantitative estimate of drug-likeness (QED) is 0.381. The van der Waals surface area contributed by atoms with E-state index in [9.17, 15) is 9.59 Å². The zero-order valence-corrected chi connectivity index (χ0v) is 14.6. The van der Waals surface area contributed by atoms with E-state index in [2.05, 4.69) is 10.1 Å². The van der Waals surface area contributed by atoms with E-state index in [-0.39, 0.29) is 18.6 Å². The van der Waals surface area contributed by atoms with Crippen molar-refractivity contribution in [2.45, 2.75) is 26.7 Å². The number of nitrogens with zero attached hydrogens (tertiary/aromatic N) is 2. The molecule has 6 nitrogen and oxygen atoms in total. The molecule has 3 rings (SSSR count). The summed E-state index contributed by atoms with van der Waals surface area (Å²) < 4.78 is 10.2. The molecule has 0 unspecified atom stereocenters. The SMILES string of the molecule is Cc1ccc(C(=O)CCC(=O)Oc2ccc(-c3noc(C)n3)cc2)cc1. The van der Waals surface area contributed by atoms with Gasteiger partial charge in [0.05, 0.1) is 6.42 Å². The maximum atomic E-state index is 12.1. The smallest absolute Gasteiger partial charge is 0.311 e. The van der Waals surface area contributed by atoms with Crippen LogP contribution in [-0.2, 0) is 4.79 Å². The van der Waals surface area contributed by atoms with E-state index in [1.165, 1.54) is 0 Å². The molecule has 2 aromatic carbocycles. The molecule has 0 aliphatic heterocycles. The molecular formula is C20H18N2O4. The highest BCUT2D eigenvalue weighted by atomic mass is 16.5. The molecule has 1 aromatic heterocycles. The second kappa shape index (κ2) is 7.74. The molecule has 0 bridgehead atoms. The van der Waals surface area contributed by atoms with Crippen molar-refractivity contribution >= 4 is 11.8 Å². The standard InChI is InChI=1S/C20H18N2O4/c1-13-3-5-15(6-4-13)18(23)11-12-19(24)25-17-9-7-16(8-10-17)20-21-14(2)26-22-20/h3-10H,11-12H2,1-2H3. The van der Waals surface area contributed by atoms with Crippen LogP contribution < -0.4 is 4.74 Å². The van der Waals surface area contributed by atoms with Gasteiger partial charge in [-0.05, 0) is 31.2 Å². The Bertz CT molecular complexity index is 912. The summed E-state index contributed by atoms with van der Waals surface area (Å²) in [6, 6.07) is 14.1. The number of aryl methyl sites for hydroxylation is 2. The van der Waals surface area contributed by atoms with Gasteiger partial charge in [-0.3, -0.25) is 9.59 Å². The minimum absolute atomic E-state index is 0.0263. The molecule has 1 heterocycles. The number of esters is 1. The lowest BCUT2D eigenvalue weighted by Gasteiger charge is -2.05. The number of ether oxygens (including phenoxy) is 1. The first-order valence-corrected chi connectivity index (χ1v) is 8.22. The van der Waals surface area contributed by atoms with Crippen molar-refractivity contribution in [3.63, 3.8) is 0 Å². The molecule has 0 amide bonds. The van der Waals surface area contributed by atoms with Crippen LogP contribution in [0.1, 0.15) is 34.7 Å². The first-order chi connectivity index (χ1) is 12.5. The van der Waals surface area contributed by atoms with Gasteiger partial charge in [-0.15, -0.1) is 0 Å². The Hall–Kier alpha value is -3.28. The number of carbonyl (C=O) groups excluding carboxylic acids is 2. The van der Waals surface area contributed by atoms with Crippen LogP contribution >= 0.6 is 0 Å². The first-order valence-electron chi connectivity index (χ1n) is 8.22. The lowest BCUT2D eigenvalue weighted by molar-refractivity contribution is -0.134. The number of hydrogen-bond donors (Lipinski definition) is 0. The van der Waals surface area contributed by atoms with Crippen LogP contribution in [0.3, 0.4) is 0 Å². The Morgan fingerprint density at radius 3 is 2.27 bits per heavy atom. The third kappa shape index (κ3) is 4.42. The number of hydrogen-bond acceptors (Lipinski definition) is 6. The molecule has 3 aromatic rings. The van der Waals surface area contributed by atoms with Gasteiger partial charge in [0.15, 0.2) is 5.78 Å². The molecule has 0 saturated heterocycles. The van der Waals surface area contributed by atoms with Gasteiger partial charge in [-0.1, -0.05) is 35.0 Å². The van der Waals surface area contributed by atoms with Crippen LogP contribution in [0.5, 0.6) is 5.75 Å². The van der Waals surface area contributed by atoms with Crippen molar-refractivity contribution in [1.29, 1.82) is 0 Å². The normalized spacial score (nSPS) is 10.5. The Labute approximate surface area is 150 Å². The van der Waals surface area contributed by atoms with Crippen molar-refractivity contribution in [3.8, 4) is 17.1 Å². The minimum atomic E-state index is -0.450. The fraction of sp³-hybridized carbons (Fsp3) is 0.200. The average Bonchev–Trinajstić information content (AvgIpc) is 3.07. The monoisotopic (exact) mass is 350 g/mol. The van der Waals surface area contributed by atoms with Crippen LogP contribution in [0.2, 0.25) is 0 Å². The number of rotatable bonds is 6. The van der Waals surface area contributed by atoms with Gasteiger partial charge in [0.2, 0.25) is 11.7 Å². The Kier molecular flexibility index (Phi) is 5.22. The average molecular weight is 350 g/mol. The summed E-state index contributed by atoms with van der Waals surface area (Å²) >= 11 is 0. The summed E-state index contributed by atoms with van der Waals surface area (Å²) in [6.07, 6.45) is 0.139. The molecule has 6 heteroatoms. The molecular weight excluding hydrogens is 332 g/mol. The van der Waals surface area contributed by atoms with Crippen LogP contribution in [0.15, 0.2) is 53.1 Å². The van der Waals surface area contributed by atoms with E-state index < -0.39 is 5.97 Å². The molecule has 0 aliphatic carbocycles. The van der Waals surface area contributed by atoms with Crippen LogP contribution in [0.4, 0.5) is 0 Å². The van der Waals surface area contributed by atoms with Gasteiger partial charge < -0.3 is 9.26 Å². The largest absolute Gasteiger partial charge is 0.427 e. The second-order valence-corrected chi connectivity index (χ2v) is 5.92. The molecule has 132 valence electrons. The van der Waals surface area contributed by atoms with Gasteiger partial charge in [0, 0.05) is 24.5 Å². The summed E-state index contributed by atoms with van der Waals surface area (Å²) in [5.74, 6) is 0.831. The topological polar surface area (TPSA) is 82.3 Å². The third-order valence-corrected chi connectivity index (χ3v) is 3.80. The highest BCUT2D eigenvalue weighted by Crippen LogP contribution is 2.20. The molecule has 26 heavy (non-hydrogen) atoms. The number of ketones is 1. The van der Waals surface area contributed by atoms with Crippen LogP contribution in [0, 0.1) is 13.8 Å². The van der Waals surface area contributed by atoms with E-state index in [0.717, 1.165) is 11.1 Å². The number of Topliss-reactive ketones (excluding diaryl/α,β-unsaturated/α-hetero) is 1. The second-order valence-electron chi connectivity index (χ2n) is 5.92. The first kappa shape index (κ1) is 17.5. The Morgan fingerprint density at radius 2 is 1.65 bits per heavy atom. The molecule has 0 N–H and O–H groups in total. The number of carbonyl (C=O) groups is 2. The molecule has 0 fully saturated rings. The number of benzene rings is 2. The predicted molar refractivity (Wildman–Crippen MR) is 94.8 cm³/mol. The molecule has 0 radical (unpaired) electrons. The highest BCUT2D eigenvalue weighted by molar-refractivity contribution is 5.97. The lowest BCUT2D eigenvalue weighted by atomic mass is 10.1. The fourth-order valence-corrected chi connectivity index (χ4v) is 2.37. The van der Waals surface area contributed by atoms with Crippen molar-refractivity contribution in [2.24, 2.45) is 0 Å². The van der Waals surface area contributed by atoms with Crippen LogP contribution in [0.25, 0.3) is 11.4 Å². The zero-order chi connectivity index (χ0) is 18.5. The lowest BCUT2D eigenvalue weighted by Crippen LogP contribution is -2.10. The van der Waals surface area contributed by atoms with Gasteiger partial charge in [0.25, 0.3) is 0 Å². The molecule has 0 spiro atoms.